The summed E-state index contributed by atoms with van der Waals surface area (Å²) in [5.41, 5.74) is -0.0995. The molecule has 0 saturated heterocycles. The topological polar surface area (TPSA) is 49.3 Å². The summed E-state index contributed by atoms with van der Waals surface area (Å²) in [6, 6.07) is 3.56. The number of carbonyl (C=O) groups is 1. The van der Waals surface area contributed by atoms with E-state index in [1.54, 1.807) is 0 Å². The summed E-state index contributed by atoms with van der Waals surface area (Å²) < 4.78 is 12.9. The van der Waals surface area contributed by atoms with Crippen molar-refractivity contribution in [3.63, 3.8) is 0 Å². The molecule has 0 heterocycles. The van der Waals surface area contributed by atoms with Crippen LogP contribution in [0.25, 0.3) is 0 Å². The molecule has 5 heteroatoms. The lowest BCUT2D eigenvalue weighted by molar-refractivity contribution is -0.0689. The maximum absolute atomic E-state index is 12.9. The number of halogens is 2. The molecule has 1 fully saturated rings. The molecule has 1 amide bonds. The molecule has 0 aromatic heterocycles. The first kappa shape index (κ1) is 13.3. The first-order chi connectivity index (χ1) is 8.32. The van der Waals surface area contributed by atoms with Crippen molar-refractivity contribution in [2.45, 2.75) is 32.4 Å². The molecule has 2 N–H and O–H groups in total. The second-order valence-electron chi connectivity index (χ2n) is 5.22. The maximum atomic E-state index is 12.9. The zero-order chi connectivity index (χ0) is 13.5. The molecule has 18 heavy (non-hydrogen) atoms. The van der Waals surface area contributed by atoms with Gasteiger partial charge in [0.05, 0.1) is 16.7 Å². The highest BCUT2D eigenvalue weighted by Crippen LogP contribution is 2.40. The maximum Gasteiger partial charge on any atom is 0.253 e. The van der Waals surface area contributed by atoms with E-state index in [1.165, 1.54) is 12.1 Å². The van der Waals surface area contributed by atoms with Gasteiger partial charge in [0.2, 0.25) is 0 Å². The summed E-state index contributed by atoms with van der Waals surface area (Å²) in [6.07, 6.45) is 0.115. The predicted octanol–water partition coefficient (Wildman–Crippen LogP) is 2.37. The fourth-order valence-electron chi connectivity index (χ4n) is 2.06. The van der Waals surface area contributed by atoms with Crippen LogP contribution in [0.5, 0.6) is 0 Å². The smallest absolute Gasteiger partial charge is 0.253 e. The van der Waals surface area contributed by atoms with E-state index in [-0.39, 0.29) is 28.0 Å². The average Bonchev–Trinajstić information content (AvgIpc) is 2.28. The summed E-state index contributed by atoms with van der Waals surface area (Å²) in [6.45, 7) is 3.77. The standard InChI is InChI=1S/C13H15ClFNO2/c1-13(2)10(6-11(13)17)16-12(18)8-4-3-7(15)5-9(8)14/h3-5,10-11,17H,6H2,1-2H3,(H,16,18). The second kappa shape index (κ2) is 4.52. The molecule has 1 aliphatic rings. The van der Waals surface area contributed by atoms with E-state index in [0.717, 1.165) is 6.07 Å². The molecule has 1 saturated carbocycles. The van der Waals surface area contributed by atoms with Crippen molar-refractivity contribution in [2.75, 3.05) is 0 Å². The molecule has 98 valence electrons. The van der Waals surface area contributed by atoms with Gasteiger partial charge in [-0.15, -0.1) is 0 Å². The van der Waals surface area contributed by atoms with Crippen molar-refractivity contribution < 1.29 is 14.3 Å². The van der Waals surface area contributed by atoms with Gasteiger partial charge < -0.3 is 10.4 Å². The van der Waals surface area contributed by atoms with Crippen LogP contribution in [0.15, 0.2) is 18.2 Å². The van der Waals surface area contributed by atoms with Crippen molar-refractivity contribution in [3.8, 4) is 0 Å². The van der Waals surface area contributed by atoms with Crippen molar-refractivity contribution in [1.82, 2.24) is 5.32 Å². The van der Waals surface area contributed by atoms with Gasteiger partial charge >= 0.3 is 0 Å². The molecule has 0 spiro atoms. The number of rotatable bonds is 2. The number of hydrogen-bond acceptors (Lipinski definition) is 2. The number of amides is 1. The zero-order valence-corrected chi connectivity index (χ0v) is 11.0. The fourth-order valence-corrected chi connectivity index (χ4v) is 2.31. The number of nitrogens with one attached hydrogen (secondary N) is 1. The lowest BCUT2D eigenvalue weighted by Crippen LogP contribution is -2.61. The highest BCUT2D eigenvalue weighted by Gasteiger charge is 2.48. The van der Waals surface area contributed by atoms with Gasteiger partial charge in [0, 0.05) is 11.5 Å². The summed E-state index contributed by atoms with van der Waals surface area (Å²) in [5, 5.41) is 12.5. The van der Waals surface area contributed by atoms with Gasteiger partial charge in [0.25, 0.3) is 5.91 Å². The Morgan fingerprint density at radius 2 is 2.22 bits per heavy atom. The normalized spacial score (nSPS) is 25.4. The van der Waals surface area contributed by atoms with Crippen LogP contribution in [-0.2, 0) is 0 Å². The summed E-state index contributed by atoms with van der Waals surface area (Å²) in [5.74, 6) is -0.819. The molecule has 0 aliphatic heterocycles. The minimum Gasteiger partial charge on any atom is -0.392 e. The van der Waals surface area contributed by atoms with E-state index in [1.807, 2.05) is 13.8 Å². The monoisotopic (exact) mass is 271 g/mol. The van der Waals surface area contributed by atoms with E-state index in [0.29, 0.717) is 6.42 Å². The van der Waals surface area contributed by atoms with Crippen LogP contribution in [0.3, 0.4) is 0 Å². The second-order valence-corrected chi connectivity index (χ2v) is 5.63. The van der Waals surface area contributed by atoms with Gasteiger partial charge in [-0.3, -0.25) is 4.79 Å². The van der Waals surface area contributed by atoms with Crippen molar-refractivity contribution in [1.29, 1.82) is 0 Å². The van der Waals surface area contributed by atoms with Crippen LogP contribution in [0, 0.1) is 11.2 Å². The van der Waals surface area contributed by atoms with Crippen molar-refractivity contribution >= 4 is 17.5 Å². The molecule has 3 nitrogen and oxygen atoms in total. The average molecular weight is 272 g/mol. The van der Waals surface area contributed by atoms with Crippen LogP contribution in [0.4, 0.5) is 4.39 Å². The molecule has 0 bridgehead atoms. The highest BCUT2D eigenvalue weighted by molar-refractivity contribution is 6.33. The van der Waals surface area contributed by atoms with Gasteiger partial charge in [0.1, 0.15) is 5.82 Å². The number of hydrogen-bond donors (Lipinski definition) is 2. The number of carbonyl (C=O) groups excluding carboxylic acids is 1. The van der Waals surface area contributed by atoms with Gasteiger partial charge in [-0.2, -0.15) is 0 Å². The van der Waals surface area contributed by atoms with E-state index in [9.17, 15) is 14.3 Å². The van der Waals surface area contributed by atoms with Crippen LogP contribution in [0.2, 0.25) is 5.02 Å². The lowest BCUT2D eigenvalue weighted by atomic mass is 9.64. The summed E-state index contributed by atoms with van der Waals surface area (Å²) in [7, 11) is 0. The van der Waals surface area contributed by atoms with Crippen molar-refractivity contribution in [3.05, 3.63) is 34.6 Å². The molecule has 1 aromatic carbocycles. The van der Waals surface area contributed by atoms with E-state index in [2.05, 4.69) is 5.32 Å². The van der Waals surface area contributed by atoms with Gasteiger partial charge in [-0.25, -0.2) is 4.39 Å². The Labute approximate surface area is 110 Å². The van der Waals surface area contributed by atoms with Crippen molar-refractivity contribution in [2.24, 2.45) is 5.41 Å². The summed E-state index contributed by atoms with van der Waals surface area (Å²) >= 11 is 5.82. The Morgan fingerprint density at radius 1 is 1.56 bits per heavy atom. The molecular weight excluding hydrogens is 257 g/mol. The Hall–Kier alpha value is -1.13. The summed E-state index contributed by atoms with van der Waals surface area (Å²) in [4.78, 5) is 12.0. The first-order valence-electron chi connectivity index (χ1n) is 5.76. The van der Waals surface area contributed by atoms with Gasteiger partial charge in [-0.1, -0.05) is 25.4 Å². The largest absolute Gasteiger partial charge is 0.392 e. The third-order valence-corrected chi connectivity index (χ3v) is 4.01. The Kier molecular flexibility index (Phi) is 3.34. The Morgan fingerprint density at radius 3 is 2.72 bits per heavy atom. The Bertz CT molecular complexity index is 490. The Balaban J connectivity index is 2.09. The predicted molar refractivity (Wildman–Crippen MR) is 67.1 cm³/mol. The molecule has 1 aromatic rings. The molecule has 2 rings (SSSR count). The van der Waals surface area contributed by atoms with Crippen LogP contribution < -0.4 is 5.32 Å². The molecule has 2 unspecified atom stereocenters. The van der Waals surface area contributed by atoms with Gasteiger partial charge in [0.15, 0.2) is 0 Å². The third kappa shape index (κ3) is 2.22. The molecule has 0 radical (unpaired) electrons. The highest BCUT2D eigenvalue weighted by atomic mass is 35.5. The fraction of sp³-hybridized carbons (Fsp3) is 0.462. The minimum absolute atomic E-state index is 0.0881. The SMILES string of the molecule is CC1(C)C(O)CC1NC(=O)c1ccc(F)cc1Cl. The minimum atomic E-state index is -0.476. The number of aliphatic hydroxyl groups is 1. The molecule has 2 atom stereocenters. The van der Waals surface area contributed by atoms with Gasteiger partial charge in [-0.05, 0) is 24.6 Å². The molecular formula is C13H15ClFNO2. The quantitative estimate of drug-likeness (QED) is 0.868. The number of benzene rings is 1. The third-order valence-electron chi connectivity index (χ3n) is 3.70. The number of aliphatic hydroxyl groups excluding tert-OH is 1. The lowest BCUT2D eigenvalue weighted by Gasteiger charge is -2.49. The van der Waals surface area contributed by atoms with E-state index < -0.39 is 11.9 Å². The van der Waals surface area contributed by atoms with E-state index in [4.69, 9.17) is 11.6 Å². The van der Waals surface area contributed by atoms with Crippen LogP contribution in [0.1, 0.15) is 30.6 Å². The van der Waals surface area contributed by atoms with Crippen LogP contribution >= 0.6 is 11.6 Å². The van der Waals surface area contributed by atoms with E-state index >= 15 is 0 Å². The molecule has 1 aliphatic carbocycles. The zero-order valence-electron chi connectivity index (χ0n) is 10.2. The first-order valence-corrected chi connectivity index (χ1v) is 6.14. The van der Waals surface area contributed by atoms with Crippen LogP contribution in [-0.4, -0.2) is 23.2 Å².